The number of carbonyl (C=O) groups is 2. The second-order valence-electron chi connectivity index (χ2n) is 6.56. The van der Waals surface area contributed by atoms with Crippen molar-refractivity contribution in [1.29, 1.82) is 0 Å². The van der Waals surface area contributed by atoms with Gasteiger partial charge in [-0.2, -0.15) is 0 Å². The van der Waals surface area contributed by atoms with E-state index in [1.54, 1.807) is 12.1 Å². The summed E-state index contributed by atoms with van der Waals surface area (Å²) in [6, 6.07) is 5.45. The molecule has 0 unspecified atom stereocenters. The average molecular weight is 386 g/mol. The number of hydrogen-bond donors (Lipinski definition) is 0. The first-order chi connectivity index (χ1) is 11.9. The molecule has 1 aromatic carbocycles. The van der Waals surface area contributed by atoms with E-state index in [0.717, 1.165) is 12.1 Å². The van der Waals surface area contributed by atoms with E-state index < -0.39 is 0 Å². The number of benzene rings is 1. The molecule has 0 spiro atoms. The van der Waals surface area contributed by atoms with Gasteiger partial charge in [0.2, 0.25) is 11.8 Å². The molecule has 25 heavy (non-hydrogen) atoms. The molecular weight excluding hydrogens is 361 g/mol. The quantitative estimate of drug-likeness (QED) is 0.755. The van der Waals surface area contributed by atoms with Gasteiger partial charge in [-0.3, -0.25) is 9.59 Å². The van der Waals surface area contributed by atoms with Gasteiger partial charge in [0, 0.05) is 45.6 Å². The number of amides is 2. The SMILES string of the molecule is CN(C)CCC(=O)N1CCN(C(=O)CCc2ccc(Cl)c(Cl)c2)CC1. The van der Waals surface area contributed by atoms with Crippen LogP contribution in [0.2, 0.25) is 10.0 Å². The summed E-state index contributed by atoms with van der Waals surface area (Å²) in [4.78, 5) is 30.2. The van der Waals surface area contributed by atoms with E-state index >= 15 is 0 Å². The standard InChI is InChI=1S/C18H25Cl2N3O2/c1-21(2)8-7-18(25)23-11-9-22(10-12-23)17(24)6-4-14-3-5-15(19)16(20)13-14/h3,5,13H,4,6-12H2,1-2H3. The predicted molar refractivity (Wildman–Crippen MR) is 101 cm³/mol. The van der Waals surface area contributed by atoms with Gasteiger partial charge in [0.15, 0.2) is 0 Å². The van der Waals surface area contributed by atoms with E-state index in [4.69, 9.17) is 23.2 Å². The van der Waals surface area contributed by atoms with Gasteiger partial charge in [-0.25, -0.2) is 0 Å². The lowest BCUT2D eigenvalue weighted by molar-refractivity contribution is -0.139. The van der Waals surface area contributed by atoms with Crippen LogP contribution in [0.15, 0.2) is 18.2 Å². The maximum Gasteiger partial charge on any atom is 0.223 e. The van der Waals surface area contributed by atoms with Gasteiger partial charge >= 0.3 is 0 Å². The first kappa shape index (κ1) is 20.0. The minimum atomic E-state index is 0.117. The molecule has 138 valence electrons. The molecule has 5 nitrogen and oxygen atoms in total. The normalized spacial score (nSPS) is 14.9. The van der Waals surface area contributed by atoms with Crippen molar-refractivity contribution in [1.82, 2.24) is 14.7 Å². The molecule has 1 saturated heterocycles. The summed E-state index contributed by atoms with van der Waals surface area (Å²) in [6.07, 6.45) is 1.60. The lowest BCUT2D eigenvalue weighted by atomic mass is 10.1. The summed E-state index contributed by atoms with van der Waals surface area (Å²) >= 11 is 11.9. The zero-order valence-electron chi connectivity index (χ0n) is 14.8. The first-order valence-corrected chi connectivity index (χ1v) is 9.26. The topological polar surface area (TPSA) is 43.9 Å². The largest absolute Gasteiger partial charge is 0.339 e. The smallest absolute Gasteiger partial charge is 0.223 e. The zero-order chi connectivity index (χ0) is 18.4. The third-order valence-electron chi connectivity index (χ3n) is 4.37. The highest BCUT2D eigenvalue weighted by molar-refractivity contribution is 6.42. The van der Waals surface area contributed by atoms with Gasteiger partial charge in [0.1, 0.15) is 0 Å². The maximum atomic E-state index is 12.4. The third kappa shape index (κ3) is 6.17. The molecule has 1 heterocycles. The molecule has 2 rings (SSSR count). The second-order valence-corrected chi connectivity index (χ2v) is 7.38. The van der Waals surface area contributed by atoms with E-state index in [9.17, 15) is 9.59 Å². The van der Waals surface area contributed by atoms with Crippen LogP contribution in [0.5, 0.6) is 0 Å². The highest BCUT2D eigenvalue weighted by Gasteiger charge is 2.23. The molecule has 2 amide bonds. The lowest BCUT2D eigenvalue weighted by Gasteiger charge is -2.35. The van der Waals surface area contributed by atoms with Gasteiger partial charge in [-0.15, -0.1) is 0 Å². The molecule has 0 saturated carbocycles. The Hall–Kier alpha value is -1.30. The highest BCUT2D eigenvalue weighted by atomic mass is 35.5. The maximum absolute atomic E-state index is 12.4. The molecule has 0 bridgehead atoms. The summed E-state index contributed by atoms with van der Waals surface area (Å²) in [5, 5.41) is 1.03. The van der Waals surface area contributed by atoms with E-state index in [1.807, 2.05) is 34.9 Å². The van der Waals surface area contributed by atoms with E-state index in [1.165, 1.54) is 0 Å². The molecule has 1 aliphatic heterocycles. The van der Waals surface area contributed by atoms with Crippen molar-refractivity contribution in [3.8, 4) is 0 Å². The highest BCUT2D eigenvalue weighted by Crippen LogP contribution is 2.23. The van der Waals surface area contributed by atoms with Gasteiger partial charge in [-0.1, -0.05) is 29.3 Å². The predicted octanol–water partition coefficient (Wildman–Crippen LogP) is 2.55. The minimum Gasteiger partial charge on any atom is -0.339 e. The second kappa shape index (κ2) is 9.41. The van der Waals surface area contributed by atoms with Gasteiger partial charge in [0.05, 0.1) is 10.0 Å². The fourth-order valence-electron chi connectivity index (χ4n) is 2.79. The number of nitrogens with zero attached hydrogens (tertiary/aromatic N) is 3. The zero-order valence-corrected chi connectivity index (χ0v) is 16.3. The van der Waals surface area contributed by atoms with Crippen molar-refractivity contribution >= 4 is 35.0 Å². The fraction of sp³-hybridized carbons (Fsp3) is 0.556. The van der Waals surface area contributed by atoms with Crippen molar-refractivity contribution in [2.24, 2.45) is 0 Å². The number of rotatable bonds is 6. The Morgan fingerprint density at radius 3 is 2.04 bits per heavy atom. The summed E-state index contributed by atoms with van der Waals surface area (Å²) in [5.41, 5.74) is 1.00. The average Bonchev–Trinajstić information content (AvgIpc) is 2.60. The van der Waals surface area contributed by atoms with E-state index in [-0.39, 0.29) is 11.8 Å². The van der Waals surface area contributed by atoms with Crippen LogP contribution in [-0.2, 0) is 16.0 Å². The molecular formula is C18H25Cl2N3O2. The van der Waals surface area contributed by atoms with Crippen LogP contribution in [0.3, 0.4) is 0 Å². The van der Waals surface area contributed by atoms with Crippen LogP contribution in [0, 0.1) is 0 Å². The summed E-state index contributed by atoms with van der Waals surface area (Å²) < 4.78 is 0. The number of aryl methyl sites for hydroxylation is 1. The molecule has 7 heteroatoms. The molecule has 0 N–H and O–H groups in total. The molecule has 0 atom stereocenters. The summed E-state index contributed by atoms with van der Waals surface area (Å²) in [5.74, 6) is 0.281. The molecule has 1 aromatic rings. The Bertz CT molecular complexity index is 614. The molecule has 1 fully saturated rings. The van der Waals surface area contributed by atoms with Gasteiger partial charge < -0.3 is 14.7 Å². The fourth-order valence-corrected chi connectivity index (χ4v) is 3.11. The van der Waals surface area contributed by atoms with E-state index in [2.05, 4.69) is 0 Å². The molecule has 1 aliphatic rings. The van der Waals surface area contributed by atoms with Crippen LogP contribution in [-0.4, -0.2) is 73.3 Å². The number of halogens is 2. The lowest BCUT2D eigenvalue weighted by Crippen LogP contribution is -2.51. The van der Waals surface area contributed by atoms with Gasteiger partial charge in [0.25, 0.3) is 0 Å². The Morgan fingerprint density at radius 1 is 0.960 bits per heavy atom. The van der Waals surface area contributed by atoms with E-state index in [0.29, 0.717) is 55.5 Å². The van der Waals surface area contributed by atoms with Crippen molar-refractivity contribution in [2.45, 2.75) is 19.3 Å². The number of carbonyl (C=O) groups excluding carboxylic acids is 2. The van der Waals surface area contributed by atoms with Crippen LogP contribution in [0.25, 0.3) is 0 Å². The van der Waals surface area contributed by atoms with Crippen molar-refractivity contribution < 1.29 is 9.59 Å². The number of hydrogen-bond acceptors (Lipinski definition) is 3. The molecule has 0 aromatic heterocycles. The minimum absolute atomic E-state index is 0.117. The molecule has 0 radical (unpaired) electrons. The Labute approximate surface area is 159 Å². The van der Waals surface area contributed by atoms with Crippen molar-refractivity contribution in [2.75, 3.05) is 46.8 Å². The number of piperazine rings is 1. The van der Waals surface area contributed by atoms with Crippen LogP contribution < -0.4 is 0 Å². The summed E-state index contributed by atoms with van der Waals surface area (Å²) in [7, 11) is 3.91. The van der Waals surface area contributed by atoms with Crippen LogP contribution in [0.4, 0.5) is 0 Å². The monoisotopic (exact) mass is 385 g/mol. The van der Waals surface area contributed by atoms with Crippen molar-refractivity contribution in [3.05, 3.63) is 33.8 Å². The Kier molecular flexibility index (Phi) is 7.54. The summed E-state index contributed by atoms with van der Waals surface area (Å²) in [6.45, 7) is 3.19. The Balaban J connectivity index is 1.75. The first-order valence-electron chi connectivity index (χ1n) is 8.51. The third-order valence-corrected chi connectivity index (χ3v) is 5.11. The van der Waals surface area contributed by atoms with Crippen molar-refractivity contribution in [3.63, 3.8) is 0 Å². The molecule has 0 aliphatic carbocycles. The van der Waals surface area contributed by atoms with Gasteiger partial charge in [-0.05, 0) is 38.2 Å². The van der Waals surface area contributed by atoms with Crippen LogP contribution in [0.1, 0.15) is 18.4 Å². The Morgan fingerprint density at radius 2 is 1.52 bits per heavy atom. The van der Waals surface area contributed by atoms with Crippen LogP contribution >= 0.6 is 23.2 Å².